The molecule has 3 heterocycles. The van der Waals surface area contributed by atoms with E-state index in [-0.39, 0.29) is 12.1 Å². The van der Waals surface area contributed by atoms with Crippen LogP contribution < -0.4 is 5.56 Å². The van der Waals surface area contributed by atoms with Crippen molar-refractivity contribution in [3.8, 4) is 0 Å². The van der Waals surface area contributed by atoms with Crippen LogP contribution >= 0.6 is 11.3 Å². The minimum absolute atomic E-state index is 0.174. The highest BCUT2D eigenvalue weighted by Crippen LogP contribution is 2.33. The number of carbonyl (C=O) groups is 1. The third-order valence-electron chi connectivity index (χ3n) is 3.48. The van der Waals surface area contributed by atoms with E-state index in [1.165, 1.54) is 12.0 Å². The van der Waals surface area contributed by atoms with Crippen molar-refractivity contribution in [1.82, 2.24) is 14.3 Å². The molecule has 0 amide bonds. The summed E-state index contributed by atoms with van der Waals surface area (Å²) >= 11 is 1.65. The summed E-state index contributed by atoms with van der Waals surface area (Å²) < 4.78 is 8.79. The number of hydrogen-bond acceptors (Lipinski definition) is 5. The molecule has 3 aromatic heterocycles. The molecule has 0 bridgehead atoms. The van der Waals surface area contributed by atoms with Gasteiger partial charge in [0.2, 0.25) is 0 Å². The highest BCUT2D eigenvalue weighted by molar-refractivity contribution is 7.20. The zero-order chi connectivity index (χ0) is 15.1. The Kier molecular flexibility index (Phi) is 3.29. The number of ether oxygens (including phenoxy) is 1. The first-order valence-corrected chi connectivity index (χ1v) is 7.43. The van der Waals surface area contributed by atoms with Crippen molar-refractivity contribution in [2.24, 2.45) is 0 Å². The van der Waals surface area contributed by atoms with Gasteiger partial charge in [0.15, 0.2) is 0 Å². The molecule has 3 rings (SSSR count). The normalized spacial score (nSPS) is 11.4. The number of fused-ring (bicyclic) bond motifs is 3. The second-order valence-electron chi connectivity index (χ2n) is 4.76. The fourth-order valence-corrected chi connectivity index (χ4v) is 3.57. The van der Waals surface area contributed by atoms with E-state index in [2.05, 4.69) is 15.9 Å². The highest BCUT2D eigenvalue weighted by atomic mass is 32.1. The molecule has 0 aliphatic carbocycles. The Labute approximate surface area is 124 Å². The minimum atomic E-state index is -0.490. The highest BCUT2D eigenvalue weighted by Gasteiger charge is 2.18. The van der Waals surface area contributed by atoms with E-state index in [0.717, 1.165) is 20.3 Å². The summed E-state index contributed by atoms with van der Waals surface area (Å²) in [6.07, 6.45) is 1.66. The lowest BCUT2D eigenvalue weighted by Crippen LogP contribution is -2.28. The number of thiophene rings is 1. The Balaban J connectivity index is 2.32. The Morgan fingerprint density at radius 2 is 2.24 bits per heavy atom. The number of hydrogen-bond donors (Lipinski definition) is 0. The predicted octanol–water partition coefficient (Wildman–Crippen LogP) is 1.91. The smallest absolute Gasteiger partial charge is 0.327 e. The number of aryl methyl sites for hydroxylation is 2. The standard InChI is InChI=1S/C14H15N3O3S/c1-4-16-10-5-8(2)21-13(10)9-6-15-17(7-11(18)20-3)14(19)12(9)16/h5-6H,4,7H2,1-3H3. The molecule has 6 nitrogen and oxygen atoms in total. The van der Waals surface area contributed by atoms with Gasteiger partial charge in [0.05, 0.1) is 23.5 Å². The zero-order valence-corrected chi connectivity index (χ0v) is 12.9. The summed E-state index contributed by atoms with van der Waals surface area (Å²) in [6.45, 7) is 4.55. The fraction of sp³-hybridized carbons (Fsp3) is 0.357. The van der Waals surface area contributed by atoms with Gasteiger partial charge >= 0.3 is 5.97 Å². The summed E-state index contributed by atoms with van der Waals surface area (Å²) in [5, 5.41) is 4.94. The second-order valence-corrected chi connectivity index (χ2v) is 6.02. The molecule has 0 aliphatic rings. The predicted molar refractivity (Wildman–Crippen MR) is 81.8 cm³/mol. The van der Waals surface area contributed by atoms with Crippen LogP contribution in [0.15, 0.2) is 17.1 Å². The van der Waals surface area contributed by atoms with E-state index < -0.39 is 5.97 Å². The molecular weight excluding hydrogens is 290 g/mol. The van der Waals surface area contributed by atoms with Crippen LogP contribution in [-0.4, -0.2) is 27.4 Å². The largest absolute Gasteiger partial charge is 0.468 e. The maximum atomic E-state index is 12.6. The molecule has 0 saturated heterocycles. The van der Waals surface area contributed by atoms with Crippen molar-refractivity contribution in [3.63, 3.8) is 0 Å². The molecule has 7 heteroatoms. The molecule has 0 aromatic carbocycles. The lowest BCUT2D eigenvalue weighted by atomic mass is 10.3. The van der Waals surface area contributed by atoms with E-state index in [0.29, 0.717) is 12.1 Å². The van der Waals surface area contributed by atoms with Gasteiger partial charge in [-0.05, 0) is 19.9 Å². The van der Waals surface area contributed by atoms with Gasteiger partial charge in [-0.1, -0.05) is 0 Å². The molecule has 0 radical (unpaired) electrons. The first-order chi connectivity index (χ1) is 10.1. The zero-order valence-electron chi connectivity index (χ0n) is 12.0. The number of aromatic nitrogens is 3. The second kappa shape index (κ2) is 5.00. The molecule has 3 aromatic rings. The van der Waals surface area contributed by atoms with Crippen molar-refractivity contribution < 1.29 is 9.53 Å². The molecule has 110 valence electrons. The quantitative estimate of drug-likeness (QED) is 0.693. The number of nitrogens with zero attached hydrogens (tertiary/aromatic N) is 3. The van der Waals surface area contributed by atoms with Crippen LogP contribution in [0.25, 0.3) is 21.1 Å². The Bertz CT molecular complexity index is 904. The molecule has 0 N–H and O–H groups in total. The lowest BCUT2D eigenvalue weighted by molar-refractivity contribution is -0.141. The van der Waals surface area contributed by atoms with Gasteiger partial charge in [0.1, 0.15) is 12.1 Å². The number of esters is 1. The van der Waals surface area contributed by atoms with Crippen LogP contribution in [0, 0.1) is 6.92 Å². The van der Waals surface area contributed by atoms with Crippen molar-refractivity contribution in [2.45, 2.75) is 26.9 Å². The van der Waals surface area contributed by atoms with E-state index in [4.69, 9.17) is 0 Å². The average Bonchev–Trinajstić information content (AvgIpc) is 2.97. The summed E-state index contributed by atoms with van der Waals surface area (Å²) in [5.74, 6) is -0.490. The van der Waals surface area contributed by atoms with Crippen LogP contribution in [0.3, 0.4) is 0 Å². The molecule has 21 heavy (non-hydrogen) atoms. The Hall–Kier alpha value is -2.15. The van der Waals surface area contributed by atoms with Gasteiger partial charge < -0.3 is 9.30 Å². The van der Waals surface area contributed by atoms with E-state index in [1.807, 2.05) is 18.4 Å². The molecular formula is C14H15N3O3S. The van der Waals surface area contributed by atoms with E-state index in [1.54, 1.807) is 17.5 Å². The lowest BCUT2D eigenvalue weighted by Gasteiger charge is -2.05. The molecule has 0 unspecified atom stereocenters. The summed E-state index contributed by atoms with van der Waals surface area (Å²) in [7, 11) is 1.29. The number of methoxy groups -OCH3 is 1. The van der Waals surface area contributed by atoms with Crippen molar-refractivity contribution in [3.05, 3.63) is 27.5 Å². The van der Waals surface area contributed by atoms with Gasteiger partial charge in [-0.25, -0.2) is 4.68 Å². The summed E-state index contributed by atoms with van der Waals surface area (Å²) in [5.41, 5.74) is 1.38. The number of carbonyl (C=O) groups excluding carboxylic acids is 1. The Morgan fingerprint density at radius 1 is 1.48 bits per heavy atom. The third-order valence-corrected chi connectivity index (χ3v) is 4.56. The molecule has 0 atom stereocenters. The minimum Gasteiger partial charge on any atom is -0.468 e. The summed E-state index contributed by atoms with van der Waals surface area (Å²) in [6, 6.07) is 2.08. The maximum absolute atomic E-state index is 12.6. The maximum Gasteiger partial charge on any atom is 0.327 e. The topological polar surface area (TPSA) is 66.1 Å². The number of rotatable bonds is 3. The molecule has 0 saturated carbocycles. The van der Waals surface area contributed by atoms with Crippen LogP contribution in [0.2, 0.25) is 0 Å². The van der Waals surface area contributed by atoms with E-state index in [9.17, 15) is 9.59 Å². The molecule has 0 fully saturated rings. The van der Waals surface area contributed by atoms with Crippen molar-refractivity contribution >= 4 is 38.4 Å². The average molecular weight is 305 g/mol. The first kappa shape index (κ1) is 13.8. The third kappa shape index (κ3) is 2.04. The van der Waals surface area contributed by atoms with Crippen LogP contribution in [0.4, 0.5) is 0 Å². The van der Waals surface area contributed by atoms with Crippen LogP contribution in [0.1, 0.15) is 11.8 Å². The van der Waals surface area contributed by atoms with Gasteiger partial charge in [-0.2, -0.15) is 5.10 Å². The summed E-state index contributed by atoms with van der Waals surface area (Å²) in [4.78, 5) is 25.1. The fourth-order valence-electron chi connectivity index (χ4n) is 2.55. The van der Waals surface area contributed by atoms with E-state index >= 15 is 0 Å². The Morgan fingerprint density at radius 3 is 2.90 bits per heavy atom. The van der Waals surface area contributed by atoms with Crippen molar-refractivity contribution in [1.29, 1.82) is 0 Å². The van der Waals surface area contributed by atoms with Crippen molar-refractivity contribution in [2.75, 3.05) is 7.11 Å². The monoisotopic (exact) mass is 305 g/mol. The van der Waals surface area contributed by atoms with Crippen LogP contribution in [-0.2, 0) is 22.6 Å². The van der Waals surface area contributed by atoms with Gasteiger partial charge in [0, 0.05) is 16.8 Å². The SMILES string of the molecule is CCn1c2cc(C)sc2c2cnn(CC(=O)OC)c(=O)c21. The van der Waals surface area contributed by atoms with Gasteiger partial charge in [-0.15, -0.1) is 11.3 Å². The van der Waals surface area contributed by atoms with Gasteiger partial charge in [-0.3, -0.25) is 9.59 Å². The first-order valence-electron chi connectivity index (χ1n) is 6.62. The molecule has 0 spiro atoms. The van der Waals surface area contributed by atoms with Crippen LogP contribution in [0.5, 0.6) is 0 Å². The molecule has 0 aliphatic heterocycles. The van der Waals surface area contributed by atoms with Gasteiger partial charge in [0.25, 0.3) is 5.56 Å².